The fourth-order valence-electron chi connectivity index (χ4n) is 3.84. The maximum absolute atomic E-state index is 12.4. The van der Waals surface area contributed by atoms with E-state index in [1.54, 1.807) is 0 Å². The highest BCUT2D eigenvalue weighted by Crippen LogP contribution is 2.27. The second-order valence-corrected chi connectivity index (χ2v) is 7.67. The molecule has 1 aliphatic carbocycles. The number of nitrogens with one attached hydrogen (secondary N) is 2. The summed E-state index contributed by atoms with van der Waals surface area (Å²) < 4.78 is 0. The van der Waals surface area contributed by atoms with Crippen LogP contribution in [-0.4, -0.2) is 42.4 Å². The number of carbonyl (C=O) groups excluding carboxylic acids is 2. The molecular formula is C20H32Cl2N4O2. The lowest BCUT2D eigenvalue weighted by Crippen LogP contribution is -2.36. The van der Waals surface area contributed by atoms with Crippen molar-refractivity contribution in [2.75, 3.05) is 30.3 Å². The molecule has 0 radical (unpaired) electrons. The zero-order valence-electron chi connectivity index (χ0n) is 16.4. The number of anilines is 2. The summed E-state index contributed by atoms with van der Waals surface area (Å²) in [7, 11) is 0. The van der Waals surface area contributed by atoms with E-state index in [0.29, 0.717) is 12.2 Å². The maximum atomic E-state index is 12.4. The summed E-state index contributed by atoms with van der Waals surface area (Å²) in [6.45, 7) is 4.37. The Balaban J connectivity index is 0.00000196. The molecule has 1 aliphatic heterocycles. The van der Waals surface area contributed by atoms with E-state index in [4.69, 9.17) is 5.73 Å². The molecule has 0 aromatic heterocycles. The third-order valence-corrected chi connectivity index (χ3v) is 5.44. The van der Waals surface area contributed by atoms with Crippen molar-refractivity contribution in [3.63, 3.8) is 0 Å². The van der Waals surface area contributed by atoms with Gasteiger partial charge < -0.3 is 16.4 Å². The molecule has 8 heteroatoms. The van der Waals surface area contributed by atoms with Gasteiger partial charge in [0.2, 0.25) is 11.8 Å². The van der Waals surface area contributed by atoms with E-state index >= 15 is 0 Å². The molecule has 1 saturated heterocycles. The van der Waals surface area contributed by atoms with Gasteiger partial charge in [-0.05, 0) is 69.8 Å². The van der Waals surface area contributed by atoms with E-state index in [-0.39, 0.29) is 48.6 Å². The Morgan fingerprint density at radius 1 is 1.11 bits per heavy atom. The number of piperidine rings is 1. The van der Waals surface area contributed by atoms with Crippen molar-refractivity contribution in [1.29, 1.82) is 0 Å². The zero-order valence-corrected chi connectivity index (χ0v) is 18.0. The van der Waals surface area contributed by atoms with Crippen LogP contribution in [0.3, 0.4) is 0 Å². The molecule has 2 aliphatic rings. The van der Waals surface area contributed by atoms with E-state index in [1.165, 1.54) is 19.3 Å². The molecule has 1 saturated carbocycles. The number of carbonyl (C=O) groups is 2. The number of amides is 2. The summed E-state index contributed by atoms with van der Waals surface area (Å²) in [5.41, 5.74) is 8.36. The smallest absolute Gasteiger partial charge is 0.238 e. The van der Waals surface area contributed by atoms with E-state index in [1.807, 2.05) is 25.1 Å². The SMILES string of the molecule is Cc1ccc(NC(=O)C2CCC(N)C2)cc1NC(=O)CN1CCCCC1.Cl.Cl. The van der Waals surface area contributed by atoms with Crippen LogP contribution in [0, 0.1) is 12.8 Å². The second-order valence-electron chi connectivity index (χ2n) is 7.67. The number of halogens is 2. The molecule has 2 atom stereocenters. The molecule has 1 aromatic rings. The molecule has 1 aromatic carbocycles. The normalized spacial score (nSPS) is 21.9. The zero-order chi connectivity index (χ0) is 18.5. The Hall–Kier alpha value is -1.34. The third-order valence-electron chi connectivity index (χ3n) is 5.44. The Labute approximate surface area is 179 Å². The number of nitrogens with two attached hydrogens (primary N) is 1. The lowest BCUT2D eigenvalue weighted by Gasteiger charge is -2.25. The molecule has 2 unspecified atom stereocenters. The summed E-state index contributed by atoms with van der Waals surface area (Å²) >= 11 is 0. The van der Waals surface area contributed by atoms with Gasteiger partial charge in [-0.1, -0.05) is 12.5 Å². The van der Waals surface area contributed by atoms with Gasteiger partial charge in [-0.2, -0.15) is 0 Å². The minimum atomic E-state index is -0.0107. The van der Waals surface area contributed by atoms with Crippen LogP contribution in [-0.2, 0) is 9.59 Å². The lowest BCUT2D eigenvalue weighted by atomic mass is 10.1. The van der Waals surface area contributed by atoms with Crippen LogP contribution in [0.4, 0.5) is 11.4 Å². The van der Waals surface area contributed by atoms with E-state index in [2.05, 4.69) is 15.5 Å². The van der Waals surface area contributed by atoms with Gasteiger partial charge in [0.15, 0.2) is 0 Å². The second kappa shape index (κ2) is 11.6. The molecule has 158 valence electrons. The van der Waals surface area contributed by atoms with Gasteiger partial charge in [-0.15, -0.1) is 24.8 Å². The number of hydrogen-bond acceptors (Lipinski definition) is 4. The van der Waals surface area contributed by atoms with Crippen LogP contribution in [0.2, 0.25) is 0 Å². The fraction of sp³-hybridized carbons (Fsp3) is 0.600. The van der Waals surface area contributed by atoms with Gasteiger partial charge >= 0.3 is 0 Å². The van der Waals surface area contributed by atoms with Crippen molar-refractivity contribution in [2.24, 2.45) is 11.7 Å². The standard InChI is InChI=1S/C20H30N4O2.2ClH/c1-14-5-8-17(22-20(26)15-6-7-16(21)11-15)12-18(14)23-19(25)13-24-9-3-2-4-10-24;;/h5,8,12,15-16H,2-4,6-7,9-11,13,21H2,1H3,(H,22,26)(H,23,25);2*1H. The molecule has 2 amide bonds. The van der Waals surface area contributed by atoms with Crippen molar-refractivity contribution < 1.29 is 9.59 Å². The quantitative estimate of drug-likeness (QED) is 0.668. The van der Waals surface area contributed by atoms with Crippen LogP contribution in [0.25, 0.3) is 0 Å². The Morgan fingerprint density at radius 3 is 2.46 bits per heavy atom. The van der Waals surface area contributed by atoms with Crippen molar-refractivity contribution in [3.05, 3.63) is 23.8 Å². The average molecular weight is 431 g/mol. The summed E-state index contributed by atoms with van der Waals surface area (Å²) in [6, 6.07) is 5.78. The highest BCUT2D eigenvalue weighted by Gasteiger charge is 2.27. The van der Waals surface area contributed by atoms with Crippen molar-refractivity contribution >= 4 is 48.0 Å². The van der Waals surface area contributed by atoms with Crippen LogP contribution < -0.4 is 16.4 Å². The summed E-state index contributed by atoms with van der Waals surface area (Å²) in [5, 5.41) is 5.97. The van der Waals surface area contributed by atoms with Crippen LogP contribution in [0.15, 0.2) is 18.2 Å². The minimum Gasteiger partial charge on any atom is -0.328 e. The fourth-order valence-corrected chi connectivity index (χ4v) is 3.84. The molecule has 2 fully saturated rings. The van der Waals surface area contributed by atoms with Gasteiger partial charge in [0.05, 0.1) is 6.54 Å². The summed E-state index contributed by atoms with van der Waals surface area (Å²) in [4.78, 5) is 26.9. The van der Waals surface area contributed by atoms with Crippen molar-refractivity contribution in [1.82, 2.24) is 4.90 Å². The van der Waals surface area contributed by atoms with E-state index in [0.717, 1.165) is 43.6 Å². The molecule has 6 nitrogen and oxygen atoms in total. The topological polar surface area (TPSA) is 87.5 Å². The van der Waals surface area contributed by atoms with Gasteiger partial charge in [-0.25, -0.2) is 0 Å². The lowest BCUT2D eigenvalue weighted by molar-refractivity contribution is -0.119. The number of rotatable bonds is 5. The largest absolute Gasteiger partial charge is 0.328 e. The average Bonchev–Trinajstić information content (AvgIpc) is 3.05. The molecule has 1 heterocycles. The molecule has 4 N–H and O–H groups in total. The van der Waals surface area contributed by atoms with Crippen molar-refractivity contribution in [2.45, 2.75) is 51.5 Å². The number of aryl methyl sites for hydroxylation is 1. The van der Waals surface area contributed by atoms with Crippen LogP contribution >= 0.6 is 24.8 Å². The molecular weight excluding hydrogens is 399 g/mol. The number of benzene rings is 1. The van der Waals surface area contributed by atoms with Gasteiger partial charge in [0, 0.05) is 23.3 Å². The number of hydrogen-bond donors (Lipinski definition) is 3. The Bertz CT molecular complexity index is 666. The molecule has 0 bridgehead atoms. The Morgan fingerprint density at radius 2 is 1.82 bits per heavy atom. The first-order valence-electron chi connectivity index (χ1n) is 9.70. The number of likely N-dealkylation sites (tertiary alicyclic amines) is 1. The Kier molecular flexibility index (Phi) is 10.2. The summed E-state index contributed by atoms with van der Waals surface area (Å²) in [6.07, 6.45) is 6.08. The van der Waals surface area contributed by atoms with Gasteiger partial charge in [0.1, 0.15) is 0 Å². The first kappa shape index (κ1) is 24.7. The van der Waals surface area contributed by atoms with Gasteiger partial charge in [-0.3, -0.25) is 14.5 Å². The highest BCUT2D eigenvalue weighted by molar-refractivity contribution is 5.96. The van der Waals surface area contributed by atoms with Crippen LogP contribution in [0.1, 0.15) is 44.1 Å². The predicted octanol–water partition coefficient (Wildman–Crippen LogP) is 3.33. The minimum absolute atomic E-state index is 0. The molecule has 3 rings (SSSR count). The predicted molar refractivity (Wildman–Crippen MR) is 119 cm³/mol. The highest BCUT2D eigenvalue weighted by atomic mass is 35.5. The first-order chi connectivity index (χ1) is 12.5. The number of nitrogens with zero attached hydrogens (tertiary/aromatic N) is 1. The first-order valence-corrected chi connectivity index (χ1v) is 9.70. The van der Waals surface area contributed by atoms with E-state index in [9.17, 15) is 9.59 Å². The maximum Gasteiger partial charge on any atom is 0.238 e. The van der Waals surface area contributed by atoms with Crippen molar-refractivity contribution in [3.8, 4) is 0 Å². The van der Waals surface area contributed by atoms with Crippen LogP contribution in [0.5, 0.6) is 0 Å². The molecule has 28 heavy (non-hydrogen) atoms. The molecule has 0 spiro atoms. The third kappa shape index (κ3) is 6.92. The van der Waals surface area contributed by atoms with Gasteiger partial charge in [0.25, 0.3) is 0 Å². The van der Waals surface area contributed by atoms with E-state index < -0.39 is 0 Å². The monoisotopic (exact) mass is 430 g/mol. The summed E-state index contributed by atoms with van der Waals surface area (Å²) in [5.74, 6) is 0.0103.